The molecule has 7 heteroatoms. The van der Waals surface area contributed by atoms with E-state index in [1.807, 2.05) is 39.9 Å². The first-order valence-electron chi connectivity index (χ1n) is 8.76. The van der Waals surface area contributed by atoms with Crippen LogP contribution in [-0.2, 0) is 24.3 Å². The molecule has 0 fully saturated rings. The lowest BCUT2D eigenvalue weighted by Crippen LogP contribution is -2.36. The van der Waals surface area contributed by atoms with E-state index in [2.05, 4.69) is 9.97 Å². The second-order valence-electron chi connectivity index (χ2n) is 6.49. The third kappa shape index (κ3) is 3.65. The van der Waals surface area contributed by atoms with Crippen molar-refractivity contribution in [1.29, 1.82) is 0 Å². The van der Waals surface area contributed by atoms with Gasteiger partial charge in [-0.3, -0.25) is 4.79 Å². The number of nitrogens with one attached hydrogen (secondary N) is 1. The van der Waals surface area contributed by atoms with Crippen molar-refractivity contribution in [1.82, 2.24) is 24.4 Å². The Kier molecular flexibility index (Phi) is 4.75. The number of fused-ring (bicyclic) bond motifs is 1. The van der Waals surface area contributed by atoms with Crippen LogP contribution in [0.2, 0.25) is 5.02 Å². The molecule has 134 valence electrons. The Hall–Kier alpha value is -2.60. The number of hydrogen-bond acceptors (Lipinski definition) is 3. The van der Waals surface area contributed by atoms with Gasteiger partial charge in [-0.1, -0.05) is 11.6 Å². The van der Waals surface area contributed by atoms with Crippen molar-refractivity contribution in [2.45, 2.75) is 32.4 Å². The van der Waals surface area contributed by atoms with Gasteiger partial charge >= 0.3 is 0 Å². The van der Waals surface area contributed by atoms with Gasteiger partial charge in [0.05, 0.1) is 24.3 Å². The average molecular weight is 370 g/mol. The van der Waals surface area contributed by atoms with Gasteiger partial charge in [0.2, 0.25) is 5.91 Å². The van der Waals surface area contributed by atoms with Crippen molar-refractivity contribution in [3.8, 4) is 11.4 Å². The average Bonchev–Trinajstić information content (AvgIpc) is 3.31. The molecule has 3 aromatic rings. The molecule has 0 bridgehead atoms. The van der Waals surface area contributed by atoms with Crippen LogP contribution in [0.4, 0.5) is 0 Å². The highest BCUT2D eigenvalue weighted by Gasteiger charge is 2.23. The number of hydrogen-bond donors (Lipinski definition) is 1. The predicted octanol–water partition coefficient (Wildman–Crippen LogP) is 3.29. The number of H-pyrrole nitrogens is 1. The van der Waals surface area contributed by atoms with E-state index in [-0.39, 0.29) is 5.91 Å². The summed E-state index contributed by atoms with van der Waals surface area (Å²) >= 11 is 5.95. The van der Waals surface area contributed by atoms with E-state index in [0.717, 1.165) is 48.7 Å². The molecule has 0 spiro atoms. The van der Waals surface area contributed by atoms with E-state index >= 15 is 0 Å². The monoisotopic (exact) mass is 369 g/mol. The van der Waals surface area contributed by atoms with Gasteiger partial charge in [0.25, 0.3) is 0 Å². The number of amides is 1. The largest absolute Gasteiger partial charge is 0.340 e. The van der Waals surface area contributed by atoms with Crippen molar-refractivity contribution in [3.05, 3.63) is 59.4 Å². The first kappa shape index (κ1) is 16.8. The summed E-state index contributed by atoms with van der Waals surface area (Å²) in [6, 6.07) is 7.61. The molecule has 4 rings (SSSR count). The summed E-state index contributed by atoms with van der Waals surface area (Å²) in [4.78, 5) is 26.5. The van der Waals surface area contributed by atoms with Crippen LogP contribution in [0.15, 0.2) is 43.0 Å². The zero-order valence-corrected chi connectivity index (χ0v) is 15.1. The summed E-state index contributed by atoms with van der Waals surface area (Å²) < 4.78 is 1.99. The van der Waals surface area contributed by atoms with E-state index in [1.54, 1.807) is 12.5 Å². The number of nitrogens with zero attached hydrogens (tertiary/aromatic N) is 4. The number of aromatic nitrogens is 4. The lowest BCUT2D eigenvalue weighted by Gasteiger charge is -2.26. The maximum Gasteiger partial charge on any atom is 0.222 e. The van der Waals surface area contributed by atoms with Crippen molar-refractivity contribution in [3.63, 3.8) is 0 Å². The minimum atomic E-state index is 0.193. The molecule has 1 aromatic carbocycles. The van der Waals surface area contributed by atoms with Crippen molar-refractivity contribution >= 4 is 17.5 Å². The standard InChI is InChI=1S/C19H20ClN5O/c20-15-5-3-14(4-6-15)19-22-16-7-10-25(12-17(16)23-19)18(26)2-1-9-24-11-8-21-13-24/h3-6,8,11,13H,1-2,7,9-10,12H2,(H,22,23). The summed E-state index contributed by atoms with van der Waals surface area (Å²) in [5, 5.41) is 0.706. The molecule has 2 aromatic heterocycles. The normalized spacial score (nSPS) is 13.7. The topological polar surface area (TPSA) is 66.8 Å². The van der Waals surface area contributed by atoms with Crippen LogP contribution in [-0.4, -0.2) is 36.9 Å². The van der Waals surface area contributed by atoms with E-state index in [1.165, 1.54) is 0 Å². The summed E-state index contributed by atoms with van der Waals surface area (Å²) in [7, 11) is 0. The Morgan fingerprint density at radius 1 is 1.27 bits per heavy atom. The Morgan fingerprint density at radius 3 is 2.88 bits per heavy atom. The van der Waals surface area contributed by atoms with Crippen LogP contribution in [0.25, 0.3) is 11.4 Å². The molecule has 1 aliphatic heterocycles. The SMILES string of the molecule is O=C(CCCn1ccnc1)N1CCc2nc(-c3ccc(Cl)cc3)[nH]c2C1. The van der Waals surface area contributed by atoms with Gasteiger partial charge in [-0.25, -0.2) is 9.97 Å². The van der Waals surface area contributed by atoms with Crippen LogP contribution in [0, 0.1) is 0 Å². The van der Waals surface area contributed by atoms with Crippen molar-refractivity contribution in [2.24, 2.45) is 0 Å². The highest BCUT2D eigenvalue weighted by atomic mass is 35.5. The minimum Gasteiger partial charge on any atom is -0.340 e. The zero-order valence-electron chi connectivity index (χ0n) is 14.4. The second kappa shape index (κ2) is 7.33. The molecule has 0 unspecified atom stereocenters. The molecule has 26 heavy (non-hydrogen) atoms. The number of aromatic amines is 1. The first-order valence-corrected chi connectivity index (χ1v) is 9.14. The van der Waals surface area contributed by atoms with Gasteiger partial charge in [-0.15, -0.1) is 0 Å². The Bertz CT molecular complexity index is 885. The van der Waals surface area contributed by atoms with Crippen molar-refractivity contribution in [2.75, 3.05) is 6.54 Å². The smallest absolute Gasteiger partial charge is 0.222 e. The number of imidazole rings is 2. The predicted molar refractivity (Wildman–Crippen MR) is 99.6 cm³/mol. The first-order chi connectivity index (χ1) is 12.7. The quantitative estimate of drug-likeness (QED) is 0.750. The third-order valence-electron chi connectivity index (χ3n) is 4.67. The lowest BCUT2D eigenvalue weighted by atomic mass is 10.1. The molecule has 0 saturated carbocycles. The molecule has 0 aliphatic carbocycles. The summed E-state index contributed by atoms with van der Waals surface area (Å²) in [6.07, 6.45) is 7.60. The summed E-state index contributed by atoms with van der Waals surface area (Å²) in [5.41, 5.74) is 3.09. The summed E-state index contributed by atoms with van der Waals surface area (Å²) in [6.45, 7) is 2.14. The summed E-state index contributed by atoms with van der Waals surface area (Å²) in [5.74, 6) is 1.03. The van der Waals surface area contributed by atoms with E-state index in [0.29, 0.717) is 18.0 Å². The molecule has 6 nitrogen and oxygen atoms in total. The number of carbonyl (C=O) groups excluding carboxylic acids is 1. The van der Waals surface area contributed by atoms with Crippen LogP contribution in [0.3, 0.4) is 0 Å². The maximum atomic E-state index is 12.5. The second-order valence-corrected chi connectivity index (χ2v) is 6.92. The van der Waals surface area contributed by atoms with Crippen LogP contribution >= 0.6 is 11.6 Å². The van der Waals surface area contributed by atoms with Crippen LogP contribution in [0.5, 0.6) is 0 Å². The highest BCUT2D eigenvalue weighted by molar-refractivity contribution is 6.30. The molecule has 0 atom stereocenters. The highest BCUT2D eigenvalue weighted by Crippen LogP contribution is 2.24. The third-order valence-corrected chi connectivity index (χ3v) is 4.92. The molecule has 0 radical (unpaired) electrons. The molecule has 1 amide bonds. The van der Waals surface area contributed by atoms with E-state index < -0.39 is 0 Å². The fraction of sp³-hybridized carbons (Fsp3) is 0.316. The number of halogens is 1. The van der Waals surface area contributed by atoms with Gasteiger partial charge in [-0.2, -0.15) is 0 Å². The fourth-order valence-corrected chi connectivity index (χ4v) is 3.37. The minimum absolute atomic E-state index is 0.193. The van der Waals surface area contributed by atoms with E-state index in [9.17, 15) is 4.79 Å². The molecular weight excluding hydrogens is 350 g/mol. The fourth-order valence-electron chi connectivity index (χ4n) is 3.24. The Balaban J connectivity index is 1.38. The van der Waals surface area contributed by atoms with E-state index in [4.69, 9.17) is 16.6 Å². The van der Waals surface area contributed by atoms with Crippen LogP contribution in [0.1, 0.15) is 24.2 Å². The number of aryl methyl sites for hydroxylation is 1. The molecule has 1 N–H and O–H groups in total. The molecule has 1 aliphatic rings. The Labute approximate surface area is 156 Å². The molecular formula is C19H20ClN5O. The number of rotatable bonds is 5. The molecule has 0 saturated heterocycles. The van der Waals surface area contributed by atoms with Crippen molar-refractivity contribution < 1.29 is 4.79 Å². The van der Waals surface area contributed by atoms with Gasteiger partial charge < -0.3 is 14.5 Å². The zero-order chi connectivity index (χ0) is 17.9. The lowest BCUT2D eigenvalue weighted by molar-refractivity contribution is -0.132. The number of benzene rings is 1. The van der Waals surface area contributed by atoms with Gasteiger partial charge in [0, 0.05) is 48.9 Å². The van der Waals surface area contributed by atoms with Crippen LogP contribution < -0.4 is 0 Å². The Morgan fingerprint density at radius 2 is 2.12 bits per heavy atom. The molecule has 3 heterocycles. The van der Waals surface area contributed by atoms with Gasteiger partial charge in [-0.05, 0) is 30.7 Å². The van der Waals surface area contributed by atoms with Gasteiger partial charge in [0.1, 0.15) is 5.82 Å². The maximum absolute atomic E-state index is 12.5. The van der Waals surface area contributed by atoms with Gasteiger partial charge in [0.15, 0.2) is 0 Å². The number of carbonyl (C=O) groups is 1.